The molecular formula is C21H32N4O2. The smallest absolute Gasteiger partial charge is 0.251 e. The number of nitrogens with zero attached hydrogens (tertiary/aromatic N) is 1. The van der Waals surface area contributed by atoms with Gasteiger partial charge in [0.2, 0.25) is 5.91 Å². The minimum atomic E-state index is -0.0646. The molecule has 3 unspecified atom stereocenters. The fourth-order valence-corrected chi connectivity index (χ4v) is 4.10. The van der Waals surface area contributed by atoms with E-state index >= 15 is 0 Å². The Kier molecular flexibility index (Phi) is 6.85. The molecule has 1 aliphatic heterocycles. The summed E-state index contributed by atoms with van der Waals surface area (Å²) in [5.74, 6) is 0.694. The number of fused-ring (bicyclic) bond motifs is 1. The Balaban J connectivity index is 1.43. The average Bonchev–Trinajstić information content (AvgIpc) is 3.10. The highest BCUT2D eigenvalue weighted by atomic mass is 16.2. The predicted molar refractivity (Wildman–Crippen MR) is 106 cm³/mol. The highest BCUT2D eigenvalue weighted by Gasteiger charge is 2.37. The first-order valence-electron chi connectivity index (χ1n) is 10.1. The van der Waals surface area contributed by atoms with Gasteiger partial charge in [-0.25, -0.2) is 0 Å². The third-order valence-corrected chi connectivity index (χ3v) is 5.71. The van der Waals surface area contributed by atoms with Gasteiger partial charge in [0, 0.05) is 31.2 Å². The van der Waals surface area contributed by atoms with Crippen molar-refractivity contribution in [2.24, 2.45) is 5.92 Å². The molecular weight excluding hydrogens is 340 g/mol. The van der Waals surface area contributed by atoms with Crippen LogP contribution in [0.2, 0.25) is 0 Å². The van der Waals surface area contributed by atoms with Gasteiger partial charge in [-0.3, -0.25) is 9.59 Å². The molecule has 0 bridgehead atoms. The van der Waals surface area contributed by atoms with Gasteiger partial charge in [0.1, 0.15) is 0 Å². The summed E-state index contributed by atoms with van der Waals surface area (Å²) in [4.78, 5) is 26.6. The summed E-state index contributed by atoms with van der Waals surface area (Å²) in [5.41, 5.74) is 1.65. The minimum Gasteiger partial charge on any atom is -0.351 e. The van der Waals surface area contributed by atoms with Crippen molar-refractivity contribution < 1.29 is 9.59 Å². The largest absolute Gasteiger partial charge is 0.351 e. The number of carbonyl (C=O) groups is 2. The SMILES string of the molecule is CN(C)CCNC(=O)c1ccc(CNC(=O)C2CC3CCCCC3N2)cc1. The maximum absolute atomic E-state index is 12.5. The molecule has 1 saturated carbocycles. The number of amides is 2. The van der Waals surface area contributed by atoms with Crippen LogP contribution < -0.4 is 16.0 Å². The maximum atomic E-state index is 12.5. The van der Waals surface area contributed by atoms with Crippen molar-refractivity contribution in [3.63, 3.8) is 0 Å². The Morgan fingerprint density at radius 3 is 2.56 bits per heavy atom. The van der Waals surface area contributed by atoms with E-state index in [1.54, 1.807) is 0 Å². The van der Waals surface area contributed by atoms with Gasteiger partial charge in [-0.1, -0.05) is 25.0 Å². The van der Waals surface area contributed by atoms with Crippen LogP contribution in [0.25, 0.3) is 0 Å². The third kappa shape index (κ3) is 5.53. The molecule has 1 heterocycles. The van der Waals surface area contributed by atoms with E-state index in [0.717, 1.165) is 18.5 Å². The van der Waals surface area contributed by atoms with Gasteiger partial charge in [-0.2, -0.15) is 0 Å². The molecule has 2 fully saturated rings. The number of hydrogen-bond donors (Lipinski definition) is 3. The Labute approximate surface area is 162 Å². The van der Waals surface area contributed by atoms with Crippen LogP contribution in [0.15, 0.2) is 24.3 Å². The van der Waals surface area contributed by atoms with Crippen molar-refractivity contribution in [2.75, 3.05) is 27.2 Å². The monoisotopic (exact) mass is 372 g/mol. The Morgan fingerprint density at radius 2 is 1.85 bits per heavy atom. The van der Waals surface area contributed by atoms with E-state index < -0.39 is 0 Å². The molecule has 2 amide bonds. The summed E-state index contributed by atoms with van der Waals surface area (Å²) in [6, 6.07) is 7.91. The van der Waals surface area contributed by atoms with Crippen molar-refractivity contribution in [3.05, 3.63) is 35.4 Å². The first-order valence-corrected chi connectivity index (χ1v) is 10.1. The van der Waals surface area contributed by atoms with Crippen LogP contribution in [0, 0.1) is 5.92 Å². The van der Waals surface area contributed by atoms with Crippen LogP contribution in [0.4, 0.5) is 0 Å². The highest BCUT2D eigenvalue weighted by Crippen LogP contribution is 2.33. The van der Waals surface area contributed by atoms with Crippen LogP contribution in [-0.4, -0.2) is 56.0 Å². The van der Waals surface area contributed by atoms with E-state index in [0.29, 0.717) is 30.6 Å². The summed E-state index contributed by atoms with van der Waals surface area (Å²) < 4.78 is 0. The Morgan fingerprint density at radius 1 is 1.11 bits per heavy atom. The zero-order valence-corrected chi connectivity index (χ0v) is 16.5. The molecule has 1 saturated heterocycles. The van der Waals surface area contributed by atoms with Gasteiger partial charge in [0.25, 0.3) is 5.91 Å². The number of carbonyl (C=O) groups excluding carboxylic acids is 2. The predicted octanol–water partition coefficient (Wildman–Crippen LogP) is 1.51. The van der Waals surface area contributed by atoms with Crippen molar-refractivity contribution in [2.45, 2.75) is 50.7 Å². The fourth-order valence-electron chi connectivity index (χ4n) is 4.10. The van der Waals surface area contributed by atoms with Crippen molar-refractivity contribution >= 4 is 11.8 Å². The number of hydrogen-bond acceptors (Lipinski definition) is 4. The van der Waals surface area contributed by atoms with Crippen molar-refractivity contribution in [1.29, 1.82) is 0 Å². The second-order valence-electron chi connectivity index (χ2n) is 8.08. The Bertz CT molecular complexity index is 630. The summed E-state index contributed by atoms with van der Waals surface area (Å²) in [6.07, 6.45) is 5.98. The van der Waals surface area contributed by atoms with Gasteiger partial charge < -0.3 is 20.9 Å². The highest BCUT2D eigenvalue weighted by molar-refractivity contribution is 5.94. The molecule has 1 aromatic rings. The van der Waals surface area contributed by atoms with Gasteiger partial charge in [0.05, 0.1) is 6.04 Å². The van der Waals surface area contributed by atoms with Gasteiger partial charge in [-0.15, -0.1) is 0 Å². The molecule has 2 aliphatic rings. The molecule has 27 heavy (non-hydrogen) atoms. The van der Waals surface area contributed by atoms with E-state index in [1.807, 2.05) is 43.3 Å². The molecule has 3 atom stereocenters. The second kappa shape index (κ2) is 9.33. The van der Waals surface area contributed by atoms with Crippen molar-refractivity contribution in [1.82, 2.24) is 20.9 Å². The summed E-state index contributed by atoms with van der Waals surface area (Å²) >= 11 is 0. The normalized spacial score (nSPS) is 24.5. The molecule has 0 aromatic heterocycles. The molecule has 0 radical (unpaired) electrons. The zero-order valence-electron chi connectivity index (χ0n) is 16.5. The number of benzene rings is 1. The standard InChI is InChI=1S/C21H32N4O2/c1-25(2)12-11-22-20(26)16-9-7-15(8-10-16)14-23-21(27)19-13-17-5-3-4-6-18(17)24-19/h7-10,17-19,24H,3-6,11-14H2,1-2H3,(H,22,26)(H,23,27). The molecule has 1 aromatic carbocycles. The van der Waals surface area contributed by atoms with E-state index in [1.165, 1.54) is 25.7 Å². The van der Waals surface area contributed by atoms with Gasteiger partial charge >= 0.3 is 0 Å². The molecule has 6 nitrogen and oxygen atoms in total. The fraction of sp³-hybridized carbons (Fsp3) is 0.619. The summed E-state index contributed by atoms with van der Waals surface area (Å²) in [6.45, 7) is 1.93. The summed E-state index contributed by atoms with van der Waals surface area (Å²) in [7, 11) is 3.95. The lowest BCUT2D eigenvalue weighted by Crippen LogP contribution is -2.42. The van der Waals surface area contributed by atoms with E-state index in [9.17, 15) is 9.59 Å². The second-order valence-corrected chi connectivity index (χ2v) is 8.08. The lowest BCUT2D eigenvalue weighted by atomic mass is 9.85. The summed E-state index contributed by atoms with van der Waals surface area (Å²) in [5, 5.41) is 9.45. The van der Waals surface area contributed by atoms with Crippen LogP contribution in [-0.2, 0) is 11.3 Å². The zero-order chi connectivity index (χ0) is 19.2. The topological polar surface area (TPSA) is 73.5 Å². The average molecular weight is 373 g/mol. The maximum Gasteiger partial charge on any atom is 0.251 e. The minimum absolute atomic E-state index is 0.0557. The van der Waals surface area contributed by atoms with Gasteiger partial charge in [-0.05, 0) is 57.0 Å². The molecule has 1 aliphatic carbocycles. The quantitative estimate of drug-likeness (QED) is 0.678. The Hall–Kier alpha value is -1.92. The molecule has 0 spiro atoms. The van der Waals surface area contributed by atoms with E-state index in [2.05, 4.69) is 16.0 Å². The van der Waals surface area contributed by atoms with Crippen LogP contribution in [0.5, 0.6) is 0 Å². The third-order valence-electron chi connectivity index (χ3n) is 5.71. The van der Waals surface area contributed by atoms with E-state index in [-0.39, 0.29) is 17.9 Å². The molecule has 6 heteroatoms. The van der Waals surface area contributed by atoms with Crippen LogP contribution in [0.3, 0.4) is 0 Å². The van der Waals surface area contributed by atoms with Crippen LogP contribution >= 0.6 is 0 Å². The van der Waals surface area contributed by atoms with E-state index in [4.69, 9.17) is 0 Å². The molecule has 3 rings (SSSR count). The lowest BCUT2D eigenvalue weighted by Gasteiger charge is -2.24. The molecule has 148 valence electrons. The first-order chi connectivity index (χ1) is 13.0. The molecule has 3 N–H and O–H groups in total. The van der Waals surface area contributed by atoms with Crippen molar-refractivity contribution in [3.8, 4) is 0 Å². The number of likely N-dealkylation sites (N-methyl/N-ethyl adjacent to an activating group) is 1. The van der Waals surface area contributed by atoms with Gasteiger partial charge in [0.15, 0.2) is 0 Å². The first kappa shape index (κ1) is 19.8. The van der Waals surface area contributed by atoms with Crippen LogP contribution in [0.1, 0.15) is 48.0 Å². The number of nitrogens with one attached hydrogen (secondary N) is 3. The number of rotatable bonds is 7. The lowest BCUT2D eigenvalue weighted by molar-refractivity contribution is -0.123.